The molecule has 424 valence electrons. The first-order chi connectivity index (χ1) is 36.4. The molecule has 0 bridgehead atoms. The number of benzene rings is 2. The topological polar surface area (TPSA) is 178 Å². The van der Waals surface area contributed by atoms with Crippen LogP contribution in [0.1, 0.15) is 74.7 Å². The minimum absolute atomic E-state index is 0.113. The largest absolute Gasteiger partial charge is 0.464 e. The van der Waals surface area contributed by atoms with Gasteiger partial charge in [-0.2, -0.15) is 0 Å². The van der Waals surface area contributed by atoms with Gasteiger partial charge in [-0.25, -0.2) is 8.78 Å². The number of carbonyl (C=O) groups is 1. The average Bonchev–Trinajstić information content (AvgIpc) is 3.42. The first-order valence-corrected chi connectivity index (χ1v) is 26.9. The normalized spacial score (nSPS) is 35.2. The summed E-state index contributed by atoms with van der Waals surface area (Å²) >= 11 is 0. The highest BCUT2D eigenvalue weighted by Crippen LogP contribution is 2.42. The van der Waals surface area contributed by atoms with Crippen molar-refractivity contribution in [3.63, 3.8) is 0 Å². The molecule has 0 saturated carbocycles. The van der Waals surface area contributed by atoms with Crippen molar-refractivity contribution in [3.8, 4) is 22.3 Å². The molecular formula is C59H83F2N5O11. The van der Waals surface area contributed by atoms with Gasteiger partial charge in [-0.05, 0) is 128 Å². The number of likely N-dealkylation sites (N-methyl/N-ethyl adjacent to an activating group) is 2. The van der Waals surface area contributed by atoms with Crippen molar-refractivity contribution < 1.29 is 62.1 Å². The number of ether oxygens (including phenoxy) is 7. The van der Waals surface area contributed by atoms with E-state index < -0.39 is 84.3 Å². The third kappa shape index (κ3) is 14.1. The highest BCUT2D eigenvalue weighted by molar-refractivity contribution is 5.75. The van der Waals surface area contributed by atoms with Crippen molar-refractivity contribution in [2.75, 3.05) is 60.0 Å². The van der Waals surface area contributed by atoms with Gasteiger partial charge in [-0.3, -0.25) is 19.7 Å². The van der Waals surface area contributed by atoms with E-state index in [1.807, 2.05) is 77.7 Å². The van der Waals surface area contributed by atoms with Crippen molar-refractivity contribution in [2.24, 2.45) is 23.7 Å². The molecule has 4 aromatic rings. The Kier molecular flexibility index (Phi) is 20.0. The number of methoxy groups -OCH3 is 2. The maximum atomic E-state index is 15.1. The molecular weight excluding hydrogens is 993 g/mol. The van der Waals surface area contributed by atoms with Crippen LogP contribution in [0.5, 0.6) is 0 Å². The highest BCUT2D eigenvalue weighted by Gasteiger charge is 2.52. The van der Waals surface area contributed by atoms with E-state index in [1.165, 1.54) is 31.4 Å². The van der Waals surface area contributed by atoms with Gasteiger partial charge in [-0.15, -0.1) is 0 Å². The Balaban J connectivity index is 1.31. The van der Waals surface area contributed by atoms with Crippen molar-refractivity contribution in [1.29, 1.82) is 0 Å². The zero-order chi connectivity index (χ0) is 56.1. The second kappa shape index (κ2) is 25.7. The van der Waals surface area contributed by atoms with E-state index >= 15 is 4.79 Å². The second-order valence-corrected chi connectivity index (χ2v) is 22.7. The van der Waals surface area contributed by atoms with Gasteiger partial charge in [0.2, 0.25) is 0 Å². The van der Waals surface area contributed by atoms with Crippen LogP contribution >= 0.6 is 0 Å². The number of rotatable bonds is 13. The van der Waals surface area contributed by atoms with Crippen LogP contribution in [0.25, 0.3) is 22.3 Å². The number of anilines is 2. The summed E-state index contributed by atoms with van der Waals surface area (Å²) in [6.07, 6.45) is -0.0405. The third-order valence-corrected chi connectivity index (χ3v) is 16.6. The molecule has 3 aliphatic rings. The lowest BCUT2D eigenvalue weighted by molar-refractivity contribution is -0.319. The number of hydrogen-bond acceptors (Lipinski definition) is 16. The van der Waals surface area contributed by atoms with E-state index in [-0.39, 0.29) is 61.6 Å². The van der Waals surface area contributed by atoms with E-state index in [9.17, 15) is 24.1 Å². The number of halogens is 2. The second-order valence-electron chi connectivity index (χ2n) is 22.7. The molecule has 17 atom stereocenters. The number of aliphatic hydroxyl groups is 3. The number of esters is 1. The van der Waals surface area contributed by atoms with Gasteiger partial charge >= 0.3 is 5.97 Å². The molecule has 5 heterocycles. The summed E-state index contributed by atoms with van der Waals surface area (Å²) in [5, 5.41) is 35.5. The zero-order valence-corrected chi connectivity index (χ0v) is 47.1. The van der Waals surface area contributed by atoms with Crippen molar-refractivity contribution >= 4 is 17.3 Å². The van der Waals surface area contributed by atoms with Gasteiger partial charge in [0.15, 0.2) is 12.6 Å². The molecule has 0 unspecified atom stereocenters. The van der Waals surface area contributed by atoms with Crippen LogP contribution in [0.15, 0.2) is 85.5 Å². The van der Waals surface area contributed by atoms with Gasteiger partial charge in [0, 0.05) is 69.2 Å². The first-order valence-electron chi connectivity index (χ1n) is 26.9. The molecule has 7 rings (SSSR count). The van der Waals surface area contributed by atoms with Gasteiger partial charge in [-0.1, -0.05) is 45.0 Å². The summed E-state index contributed by atoms with van der Waals surface area (Å²) in [7, 11) is 8.86. The van der Waals surface area contributed by atoms with Crippen LogP contribution in [-0.4, -0.2) is 175 Å². The Labute approximate surface area is 453 Å². The minimum Gasteiger partial charge on any atom is -0.464 e. The number of carbonyl (C=O) groups excluding carboxylic acids is 1. The molecule has 3 N–H and O–H groups in total. The van der Waals surface area contributed by atoms with Crippen LogP contribution in [0.3, 0.4) is 0 Å². The lowest BCUT2D eigenvalue weighted by atomic mass is 9.75. The van der Waals surface area contributed by atoms with Crippen LogP contribution in [-0.2, 0) is 38.0 Å². The Bertz CT molecular complexity index is 2440. The molecule has 0 radical (unpaired) electrons. The summed E-state index contributed by atoms with van der Waals surface area (Å²) in [4.78, 5) is 30.4. The highest BCUT2D eigenvalue weighted by atomic mass is 19.1. The summed E-state index contributed by atoms with van der Waals surface area (Å²) in [5.41, 5.74) is 2.05. The number of aromatic nitrogens is 2. The molecule has 3 saturated heterocycles. The van der Waals surface area contributed by atoms with E-state index in [0.717, 1.165) is 22.3 Å². The van der Waals surface area contributed by atoms with Crippen LogP contribution < -0.4 is 4.90 Å². The maximum absolute atomic E-state index is 15.1. The molecule has 0 amide bonds. The fourth-order valence-electron chi connectivity index (χ4n) is 11.7. The summed E-state index contributed by atoms with van der Waals surface area (Å²) in [6, 6.07) is 15.4. The average molecular weight is 1080 g/mol. The number of hydrogen-bond donors (Lipinski definition) is 3. The zero-order valence-electron chi connectivity index (χ0n) is 47.1. The standard InChI is InChI=1S/C59H83F2N5O11/c1-34-25-59(8,72-13)55(77-57-52(68)49(64(9)10)22-36(3)74-57)37(4)53(76-50-26-58(7,71-12)54(69)39(6)75-50)38(5)56(70)73-33-48(65(11)31-35(2)51(34)67)32-66(46-23-42(27-62-29-46)40-14-18-44(60)19-15-40)47-24-43(28-63-30-47)41-16-20-45(61)21-17-41/h14-21,23-24,27-30,34-39,48-55,57,67-69H,22,25-26,31-33H2,1-13H3/t34-,35-,36-,37+,38-,39+,48+,49+,50+,51+,52-,53+,54+,55-,57+,58-,59-/m1/s1. The lowest BCUT2D eigenvalue weighted by Crippen LogP contribution is -2.61. The van der Waals surface area contributed by atoms with Crippen molar-refractivity contribution in [1.82, 2.24) is 19.8 Å². The van der Waals surface area contributed by atoms with E-state index in [0.29, 0.717) is 24.3 Å². The fraction of sp³-hybridized carbons (Fsp3) is 0.610. The number of cyclic esters (lactones) is 1. The Morgan fingerprint density at radius 3 is 1.83 bits per heavy atom. The van der Waals surface area contributed by atoms with Crippen molar-refractivity contribution in [3.05, 3.63) is 97.1 Å². The quantitative estimate of drug-likeness (QED) is 0.110. The monoisotopic (exact) mass is 1080 g/mol. The van der Waals surface area contributed by atoms with Crippen LogP contribution in [0.2, 0.25) is 0 Å². The smallest absolute Gasteiger partial charge is 0.311 e. The molecule has 3 fully saturated rings. The SMILES string of the molecule is CO[C@]1(C)C[C@@H](C)[C@H](O)[C@H](C)CN(C)[C@@H](CN(c2cncc(-c3ccc(F)cc3)c2)c2cncc(-c3ccc(F)cc3)c2)COC(=O)[C@H](C)[C@@H](O[C@H]2C[C@@](C)(OC)[C@@H](O)[C@H](C)O2)[C@H](C)[C@H]1O[C@@H]1O[C@H](C)C[C@H](N(C)C)[C@H]1O. The molecule has 0 spiro atoms. The molecule has 2 aromatic carbocycles. The summed E-state index contributed by atoms with van der Waals surface area (Å²) < 4.78 is 74.0. The van der Waals surface area contributed by atoms with Gasteiger partial charge in [0.1, 0.15) is 30.4 Å². The lowest BCUT2D eigenvalue weighted by Gasteiger charge is -2.49. The van der Waals surface area contributed by atoms with E-state index in [4.69, 9.17) is 33.2 Å². The Hall–Kier alpha value is -4.57. The molecule has 2 aromatic heterocycles. The number of aliphatic hydroxyl groups excluding tert-OH is 3. The van der Waals surface area contributed by atoms with Crippen molar-refractivity contribution in [2.45, 2.75) is 153 Å². The minimum atomic E-state index is -1.18. The Morgan fingerprint density at radius 2 is 1.30 bits per heavy atom. The van der Waals surface area contributed by atoms with Crippen LogP contribution in [0, 0.1) is 35.3 Å². The Morgan fingerprint density at radius 1 is 0.740 bits per heavy atom. The molecule has 77 heavy (non-hydrogen) atoms. The first kappa shape index (κ1) is 60.1. The van der Waals surface area contributed by atoms with Gasteiger partial charge in [0.05, 0.1) is 77.5 Å². The molecule has 0 aliphatic carbocycles. The molecule has 16 nitrogen and oxygen atoms in total. The fourth-order valence-corrected chi connectivity index (χ4v) is 11.7. The van der Waals surface area contributed by atoms with Gasteiger partial charge < -0.3 is 58.3 Å². The number of pyridine rings is 2. The van der Waals surface area contributed by atoms with E-state index in [1.54, 1.807) is 76.9 Å². The van der Waals surface area contributed by atoms with E-state index in [2.05, 4.69) is 14.9 Å². The van der Waals surface area contributed by atoms with Crippen LogP contribution in [0.4, 0.5) is 20.2 Å². The predicted octanol–water partition coefficient (Wildman–Crippen LogP) is 7.88. The van der Waals surface area contributed by atoms with Gasteiger partial charge in [0.25, 0.3) is 0 Å². The molecule has 18 heteroatoms. The summed E-state index contributed by atoms with van der Waals surface area (Å²) in [6.45, 7) is 15.5. The summed E-state index contributed by atoms with van der Waals surface area (Å²) in [5.74, 6) is -3.71. The maximum Gasteiger partial charge on any atom is 0.311 e. The predicted molar refractivity (Wildman–Crippen MR) is 289 cm³/mol. The number of nitrogens with zero attached hydrogens (tertiary/aromatic N) is 5. The third-order valence-electron chi connectivity index (χ3n) is 16.6. The molecule has 3 aliphatic heterocycles.